The molecule has 1 aliphatic heterocycles. The monoisotopic (exact) mass is 327 g/mol. The predicted octanol–water partition coefficient (Wildman–Crippen LogP) is 2.25. The van der Waals surface area contributed by atoms with Crippen LogP contribution in [0.1, 0.15) is 22.5 Å². The van der Waals surface area contributed by atoms with E-state index in [0.29, 0.717) is 6.04 Å². The van der Waals surface area contributed by atoms with Crippen LogP contribution in [0.2, 0.25) is 0 Å². The zero-order valence-electron chi connectivity index (χ0n) is 10.1. The third-order valence-electron chi connectivity index (χ3n) is 3.12. The highest BCUT2D eigenvalue weighted by Gasteiger charge is 2.25. The van der Waals surface area contributed by atoms with Gasteiger partial charge in [0.15, 0.2) is 0 Å². The van der Waals surface area contributed by atoms with Gasteiger partial charge < -0.3 is 0 Å². The molecule has 3 heterocycles. The first-order valence-corrected chi connectivity index (χ1v) is 7.52. The molecule has 1 saturated heterocycles. The van der Waals surface area contributed by atoms with Crippen molar-refractivity contribution < 1.29 is 0 Å². The van der Waals surface area contributed by atoms with Crippen LogP contribution < -0.4 is 0 Å². The average molecular weight is 328 g/mol. The Morgan fingerprint density at radius 2 is 2.39 bits per heavy atom. The molecule has 1 aliphatic rings. The van der Waals surface area contributed by atoms with Gasteiger partial charge in [-0.1, -0.05) is 0 Å². The fourth-order valence-electron chi connectivity index (χ4n) is 2.28. The van der Waals surface area contributed by atoms with Crippen LogP contribution in [-0.2, 0) is 6.54 Å². The molecule has 0 bridgehead atoms. The zero-order chi connectivity index (χ0) is 12.5. The van der Waals surface area contributed by atoms with Crippen molar-refractivity contribution in [2.24, 2.45) is 0 Å². The number of halogens is 1. The fraction of sp³-hybridized carbons (Fsp3) is 0.545. The first-order chi connectivity index (χ1) is 8.70. The molecule has 0 saturated carbocycles. The number of aromatic nitrogens is 4. The minimum atomic E-state index is 0.477. The number of likely N-dealkylation sites (tertiary alicyclic amines) is 1. The second kappa shape index (κ2) is 5.07. The number of aryl methyl sites for hydroxylation is 1. The molecule has 3 rings (SSSR count). The molecule has 1 atom stereocenters. The van der Waals surface area contributed by atoms with Crippen molar-refractivity contribution in [2.75, 3.05) is 13.1 Å². The van der Waals surface area contributed by atoms with Crippen LogP contribution in [-0.4, -0.2) is 38.0 Å². The summed E-state index contributed by atoms with van der Waals surface area (Å²) >= 11 is 5.12. The van der Waals surface area contributed by atoms with Gasteiger partial charge in [-0.3, -0.25) is 9.58 Å². The lowest BCUT2D eigenvalue weighted by Crippen LogP contribution is -2.21. The van der Waals surface area contributed by atoms with Crippen LogP contribution in [0.25, 0.3) is 0 Å². The molecule has 0 amide bonds. The Hall–Kier alpha value is -0.790. The smallest absolute Gasteiger partial charge is 0.131 e. The van der Waals surface area contributed by atoms with Crippen LogP contribution in [0.3, 0.4) is 0 Å². The quantitative estimate of drug-likeness (QED) is 0.867. The Kier molecular flexibility index (Phi) is 3.45. The Morgan fingerprint density at radius 1 is 1.50 bits per heavy atom. The molecule has 2 aromatic rings. The third-order valence-corrected chi connectivity index (χ3v) is 4.35. The standard InChI is InChI=1S/C11H14BrN5S/c1-8-14-15-11(18-8)7-16-3-2-10(6-16)17-5-9(12)4-13-17/h4-5,10H,2-3,6-7H2,1H3. The largest absolute Gasteiger partial charge is 0.294 e. The van der Waals surface area contributed by atoms with E-state index >= 15 is 0 Å². The van der Waals surface area contributed by atoms with E-state index in [-0.39, 0.29) is 0 Å². The molecule has 7 heteroatoms. The lowest BCUT2D eigenvalue weighted by Gasteiger charge is -2.14. The van der Waals surface area contributed by atoms with E-state index in [4.69, 9.17) is 0 Å². The summed E-state index contributed by atoms with van der Waals surface area (Å²) in [5, 5.41) is 14.7. The van der Waals surface area contributed by atoms with Crippen molar-refractivity contribution in [3.8, 4) is 0 Å². The van der Waals surface area contributed by atoms with Gasteiger partial charge in [0.2, 0.25) is 0 Å². The number of rotatable bonds is 3. The maximum absolute atomic E-state index is 4.36. The van der Waals surface area contributed by atoms with Gasteiger partial charge in [0.1, 0.15) is 10.0 Å². The molecule has 0 aromatic carbocycles. The highest BCUT2D eigenvalue weighted by Crippen LogP contribution is 2.24. The summed E-state index contributed by atoms with van der Waals surface area (Å²) in [4.78, 5) is 2.42. The topological polar surface area (TPSA) is 46.8 Å². The van der Waals surface area contributed by atoms with Gasteiger partial charge in [0.05, 0.1) is 23.3 Å². The molecule has 0 radical (unpaired) electrons. The first-order valence-electron chi connectivity index (χ1n) is 5.92. The SMILES string of the molecule is Cc1nnc(CN2CCC(n3cc(Br)cn3)C2)s1. The predicted molar refractivity (Wildman–Crippen MR) is 73.5 cm³/mol. The van der Waals surface area contributed by atoms with Gasteiger partial charge in [0, 0.05) is 19.3 Å². The summed E-state index contributed by atoms with van der Waals surface area (Å²) < 4.78 is 3.09. The van der Waals surface area contributed by atoms with Crippen molar-refractivity contribution >= 4 is 27.3 Å². The number of hydrogen-bond donors (Lipinski definition) is 0. The number of nitrogens with zero attached hydrogens (tertiary/aromatic N) is 5. The molecule has 0 aliphatic carbocycles. The summed E-state index contributed by atoms with van der Waals surface area (Å²) in [7, 11) is 0. The summed E-state index contributed by atoms with van der Waals surface area (Å²) in [5.41, 5.74) is 0. The van der Waals surface area contributed by atoms with Crippen molar-refractivity contribution in [1.29, 1.82) is 0 Å². The van der Waals surface area contributed by atoms with E-state index in [0.717, 1.165) is 40.5 Å². The summed E-state index contributed by atoms with van der Waals surface area (Å²) in [6, 6.07) is 0.477. The maximum Gasteiger partial charge on any atom is 0.131 e. The van der Waals surface area contributed by atoms with Crippen LogP contribution in [0.4, 0.5) is 0 Å². The van der Waals surface area contributed by atoms with Gasteiger partial charge >= 0.3 is 0 Å². The Labute approximate surface area is 118 Å². The molecule has 5 nitrogen and oxygen atoms in total. The lowest BCUT2D eigenvalue weighted by molar-refractivity contribution is 0.310. The molecule has 18 heavy (non-hydrogen) atoms. The van der Waals surface area contributed by atoms with E-state index in [1.807, 2.05) is 19.3 Å². The second-order valence-corrected chi connectivity index (χ2v) is 6.71. The third kappa shape index (κ3) is 2.62. The van der Waals surface area contributed by atoms with Gasteiger partial charge in [-0.15, -0.1) is 21.5 Å². The van der Waals surface area contributed by atoms with Crippen LogP contribution in [0, 0.1) is 6.92 Å². The van der Waals surface area contributed by atoms with Gasteiger partial charge in [-0.2, -0.15) is 5.10 Å². The molecule has 1 fully saturated rings. The van der Waals surface area contributed by atoms with E-state index in [1.165, 1.54) is 0 Å². The minimum absolute atomic E-state index is 0.477. The van der Waals surface area contributed by atoms with Crippen molar-refractivity contribution in [3.63, 3.8) is 0 Å². The van der Waals surface area contributed by atoms with Crippen molar-refractivity contribution in [1.82, 2.24) is 24.9 Å². The van der Waals surface area contributed by atoms with Crippen molar-refractivity contribution in [2.45, 2.75) is 25.9 Å². The highest BCUT2D eigenvalue weighted by molar-refractivity contribution is 9.10. The normalized spacial score (nSPS) is 20.7. The molecule has 96 valence electrons. The minimum Gasteiger partial charge on any atom is -0.294 e. The maximum atomic E-state index is 4.36. The fourth-order valence-corrected chi connectivity index (χ4v) is 3.33. The zero-order valence-corrected chi connectivity index (χ0v) is 12.5. The molecule has 0 spiro atoms. The Balaban J connectivity index is 1.61. The molecular weight excluding hydrogens is 314 g/mol. The average Bonchev–Trinajstić information content (AvgIpc) is 3.01. The van der Waals surface area contributed by atoms with Crippen molar-refractivity contribution in [3.05, 3.63) is 26.9 Å². The highest BCUT2D eigenvalue weighted by atomic mass is 79.9. The lowest BCUT2D eigenvalue weighted by atomic mass is 10.3. The second-order valence-electron chi connectivity index (χ2n) is 4.53. The van der Waals surface area contributed by atoms with Crippen LogP contribution >= 0.6 is 27.3 Å². The summed E-state index contributed by atoms with van der Waals surface area (Å²) in [6.45, 7) is 5.03. The van der Waals surface area contributed by atoms with Gasteiger partial charge in [-0.05, 0) is 29.3 Å². The van der Waals surface area contributed by atoms with Crippen LogP contribution in [0.5, 0.6) is 0 Å². The summed E-state index contributed by atoms with van der Waals surface area (Å²) in [6.07, 6.45) is 5.03. The van der Waals surface area contributed by atoms with E-state index in [9.17, 15) is 0 Å². The van der Waals surface area contributed by atoms with Crippen LogP contribution in [0.15, 0.2) is 16.9 Å². The van der Waals surface area contributed by atoms with Gasteiger partial charge in [0.25, 0.3) is 0 Å². The Bertz CT molecular complexity index is 537. The Morgan fingerprint density at radius 3 is 3.06 bits per heavy atom. The van der Waals surface area contributed by atoms with E-state index in [2.05, 4.69) is 40.8 Å². The first kappa shape index (κ1) is 12.3. The summed E-state index contributed by atoms with van der Waals surface area (Å²) in [5.74, 6) is 0. The molecular formula is C11H14BrN5S. The molecule has 2 aromatic heterocycles. The van der Waals surface area contributed by atoms with E-state index < -0.39 is 0 Å². The number of hydrogen-bond acceptors (Lipinski definition) is 5. The van der Waals surface area contributed by atoms with Gasteiger partial charge in [-0.25, -0.2) is 0 Å². The molecule has 1 unspecified atom stereocenters. The molecule has 0 N–H and O–H groups in total. The van der Waals surface area contributed by atoms with E-state index in [1.54, 1.807) is 11.3 Å².